The third kappa shape index (κ3) is 3.24. The van der Waals surface area contributed by atoms with Crippen molar-refractivity contribution in [2.75, 3.05) is 13.1 Å². The van der Waals surface area contributed by atoms with Crippen molar-refractivity contribution < 1.29 is 4.79 Å². The van der Waals surface area contributed by atoms with Crippen LogP contribution in [0.25, 0.3) is 10.7 Å². The molecule has 21 heavy (non-hydrogen) atoms. The zero-order valence-electron chi connectivity index (χ0n) is 11.7. The molecular weight excluding hydrogens is 304 g/mol. The Hall–Kier alpha value is -1.47. The van der Waals surface area contributed by atoms with Gasteiger partial charge in [0.05, 0.1) is 4.88 Å². The highest BCUT2D eigenvalue weighted by atomic mass is 32.1. The summed E-state index contributed by atoms with van der Waals surface area (Å²) in [6.07, 6.45) is 4.63. The number of thiophene rings is 1. The number of likely N-dealkylation sites (tertiary alicyclic amines) is 1. The van der Waals surface area contributed by atoms with E-state index in [1.54, 1.807) is 15.9 Å². The summed E-state index contributed by atoms with van der Waals surface area (Å²) in [5.74, 6) is 0.880. The topological polar surface area (TPSA) is 53.9 Å². The van der Waals surface area contributed by atoms with E-state index in [-0.39, 0.29) is 12.5 Å². The molecular formula is C14H18N4OS2. The van der Waals surface area contributed by atoms with E-state index in [1.807, 2.05) is 22.4 Å². The average Bonchev–Trinajstić information content (AvgIpc) is 3.02. The van der Waals surface area contributed by atoms with Gasteiger partial charge in [0.25, 0.3) is 0 Å². The zero-order valence-corrected chi connectivity index (χ0v) is 13.4. The first-order chi connectivity index (χ1) is 10.3. The molecule has 1 aliphatic heterocycles. The summed E-state index contributed by atoms with van der Waals surface area (Å²) in [4.78, 5) is 15.5. The summed E-state index contributed by atoms with van der Waals surface area (Å²) in [6.45, 7) is 1.99. The Kier molecular flexibility index (Phi) is 4.50. The number of carbonyl (C=O) groups is 1. The molecule has 3 rings (SSSR count). The first-order valence-electron chi connectivity index (χ1n) is 7.22. The lowest BCUT2D eigenvalue weighted by atomic mass is 10.2. The molecule has 1 aliphatic rings. The molecule has 1 amide bonds. The van der Waals surface area contributed by atoms with Gasteiger partial charge in [0, 0.05) is 13.1 Å². The van der Waals surface area contributed by atoms with Crippen molar-refractivity contribution in [3.8, 4) is 10.7 Å². The number of H-pyrrole nitrogens is 1. The monoisotopic (exact) mass is 322 g/mol. The lowest BCUT2D eigenvalue weighted by molar-refractivity contribution is -0.131. The van der Waals surface area contributed by atoms with Crippen LogP contribution >= 0.6 is 23.6 Å². The summed E-state index contributed by atoms with van der Waals surface area (Å²) < 4.78 is 2.30. The van der Waals surface area contributed by atoms with Crippen molar-refractivity contribution in [1.29, 1.82) is 0 Å². The Morgan fingerprint density at radius 1 is 1.33 bits per heavy atom. The molecule has 3 heterocycles. The van der Waals surface area contributed by atoms with Crippen molar-refractivity contribution in [2.45, 2.75) is 32.2 Å². The normalized spacial score (nSPS) is 15.9. The number of aromatic nitrogens is 3. The Morgan fingerprint density at radius 2 is 2.10 bits per heavy atom. The molecule has 2 aromatic rings. The average molecular weight is 322 g/mol. The Labute approximate surface area is 132 Å². The summed E-state index contributed by atoms with van der Waals surface area (Å²) in [5.41, 5.74) is 0. The predicted octanol–water partition coefficient (Wildman–Crippen LogP) is 3.07. The van der Waals surface area contributed by atoms with Crippen LogP contribution in [0.4, 0.5) is 0 Å². The first kappa shape index (κ1) is 14.5. The van der Waals surface area contributed by atoms with Gasteiger partial charge in [0.15, 0.2) is 10.6 Å². The number of nitrogens with one attached hydrogen (secondary N) is 1. The van der Waals surface area contributed by atoms with Crippen LogP contribution in [0, 0.1) is 4.77 Å². The van der Waals surface area contributed by atoms with Crippen molar-refractivity contribution in [2.24, 2.45) is 0 Å². The first-order valence-corrected chi connectivity index (χ1v) is 8.51. The van der Waals surface area contributed by atoms with E-state index in [0.717, 1.165) is 36.6 Å². The molecule has 0 atom stereocenters. The maximum Gasteiger partial charge on any atom is 0.242 e. The van der Waals surface area contributed by atoms with Crippen LogP contribution in [0.3, 0.4) is 0 Å². The number of amides is 1. The maximum absolute atomic E-state index is 12.5. The zero-order chi connectivity index (χ0) is 14.7. The fourth-order valence-corrected chi connectivity index (χ4v) is 3.53. The number of carbonyl (C=O) groups excluding carboxylic acids is 1. The van der Waals surface area contributed by atoms with Gasteiger partial charge in [-0.25, -0.2) is 0 Å². The lowest BCUT2D eigenvalue weighted by Crippen LogP contribution is -2.34. The standard InChI is InChI=1S/C14H18N4OS2/c19-12(17-7-3-1-2-4-8-17)10-18-13(15-16-14(18)20)11-6-5-9-21-11/h5-6,9H,1-4,7-8,10H2,(H,16,20). The van der Waals surface area contributed by atoms with Gasteiger partial charge in [-0.1, -0.05) is 18.9 Å². The molecule has 0 bridgehead atoms. The van der Waals surface area contributed by atoms with Crippen LogP contribution in [-0.4, -0.2) is 38.7 Å². The Balaban J connectivity index is 1.80. The van der Waals surface area contributed by atoms with Crippen molar-refractivity contribution in [3.63, 3.8) is 0 Å². The molecule has 0 aromatic carbocycles. The smallest absolute Gasteiger partial charge is 0.242 e. The minimum atomic E-state index is 0.132. The van der Waals surface area contributed by atoms with Gasteiger partial charge in [-0.15, -0.1) is 11.3 Å². The molecule has 1 N–H and O–H groups in total. The molecule has 7 heteroatoms. The Morgan fingerprint density at radius 3 is 2.76 bits per heavy atom. The van der Waals surface area contributed by atoms with Gasteiger partial charge in [-0.2, -0.15) is 5.10 Å². The molecule has 0 saturated carbocycles. The number of nitrogens with zero attached hydrogens (tertiary/aromatic N) is 3. The van der Waals surface area contributed by atoms with Crippen LogP contribution < -0.4 is 0 Å². The lowest BCUT2D eigenvalue weighted by Gasteiger charge is -2.20. The highest BCUT2D eigenvalue weighted by Crippen LogP contribution is 2.23. The van der Waals surface area contributed by atoms with Crippen LogP contribution in [-0.2, 0) is 11.3 Å². The third-order valence-electron chi connectivity index (χ3n) is 3.75. The molecule has 2 aromatic heterocycles. The molecule has 112 valence electrons. The fraction of sp³-hybridized carbons (Fsp3) is 0.500. The second-order valence-corrected chi connectivity index (χ2v) is 6.55. The van der Waals surface area contributed by atoms with Crippen LogP contribution in [0.2, 0.25) is 0 Å². The highest BCUT2D eigenvalue weighted by molar-refractivity contribution is 7.71. The minimum absolute atomic E-state index is 0.132. The molecule has 5 nitrogen and oxygen atoms in total. The van der Waals surface area contributed by atoms with Gasteiger partial charge < -0.3 is 4.90 Å². The van der Waals surface area contributed by atoms with E-state index in [1.165, 1.54) is 12.8 Å². The summed E-state index contributed by atoms with van der Waals surface area (Å²) >= 11 is 6.87. The van der Waals surface area contributed by atoms with Crippen LogP contribution in [0.5, 0.6) is 0 Å². The summed E-state index contributed by atoms with van der Waals surface area (Å²) in [6, 6.07) is 3.96. The molecule has 1 saturated heterocycles. The van der Waals surface area contributed by atoms with Gasteiger partial charge in [0.1, 0.15) is 6.54 Å². The SMILES string of the molecule is O=C(Cn1c(-c2cccs2)n[nH]c1=S)N1CCCCCC1. The van der Waals surface area contributed by atoms with Gasteiger partial charge in [0.2, 0.25) is 5.91 Å². The summed E-state index contributed by atoms with van der Waals surface area (Å²) in [7, 11) is 0. The molecule has 0 aliphatic carbocycles. The van der Waals surface area contributed by atoms with Crippen LogP contribution in [0.1, 0.15) is 25.7 Å². The van der Waals surface area contributed by atoms with Gasteiger partial charge in [-0.3, -0.25) is 14.5 Å². The van der Waals surface area contributed by atoms with Crippen molar-refractivity contribution in [1.82, 2.24) is 19.7 Å². The van der Waals surface area contributed by atoms with E-state index < -0.39 is 0 Å². The second-order valence-electron chi connectivity index (χ2n) is 5.21. The number of hydrogen-bond acceptors (Lipinski definition) is 4. The quantitative estimate of drug-likeness (QED) is 0.884. The van der Waals surface area contributed by atoms with Crippen LogP contribution in [0.15, 0.2) is 17.5 Å². The molecule has 0 radical (unpaired) electrons. The van der Waals surface area contributed by atoms with Gasteiger partial charge in [-0.05, 0) is 36.5 Å². The second kappa shape index (κ2) is 6.53. The fourth-order valence-electron chi connectivity index (χ4n) is 2.61. The predicted molar refractivity (Wildman–Crippen MR) is 85.8 cm³/mol. The molecule has 1 fully saturated rings. The number of aromatic amines is 1. The number of rotatable bonds is 3. The highest BCUT2D eigenvalue weighted by Gasteiger charge is 2.18. The van der Waals surface area contributed by atoms with E-state index in [4.69, 9.17) is 12.2 Å². The maximum atomic E-state index is 12.5. The molecule has 0 spiro atoms. The van der Waals surface area contributed by atoms with E-state index in [0.29, 0.717) is 4.77 Å². The van der Waals surface area contributed by atoms with E-state index >= 15 is 0 Å². The Bertz CT molecular complexity index is 651. The van der Waals surface area contributed by atoms with E-state index in [9.17, 15) is 4.79 Å². The van der Waals surface area contributed by atoms with Crippen molar-refractivity contribution in [3.05, 3.63) is 22.3 Å². The summed E-state index contributed by atoms with van der Waals surface area (Å²) in [5, 5.41) is 9.05. The van der Waals surface area contributed by atoms with E-state index in [2.05, 4.69) is 10.2 Å². The third-order valence-corrected chi connectivity index (χ3v) is 4.93. The molecule has 0 unspecified atom stereocenters. The van der Waals surface area contributed by atoms with Gasteiger partial charge >= 0.3 is 0 Å². The van der Waals surface area contributed by atoms with Crippen molar-refractivity contribution >= 4 is 29.5 Å². The largest absolute Gasteiger partial charge is 0.341 e. The number of hydrogen-bond donors (Lipinski definition) is 1. The minimum Gasteiger partial charge on any atom is -0.341 e.